The molecule has 0 saturated heterocycles. The fourth-order valence-electron chi connectivity index (χ4n) is 1.34. The molecule has 0 fully saturated rings. The Hall–Kier alpha value is -1.39. The molecule has 0 aliphatic heterocycles. The van der Waals surface area contributed by atoms with E-state index in [0.717, 1.165) is 16.7 Å². The summed E-state index contributed by atoms with van der Waals surface area (Å²) in [6.45, 7) is 1.06. The maximum absolute atomic E-state index is 5.97. The van der Waals surface area contributed by atoms with E-state index in [1.807, 2.05) is 18.2 Å². The minimum atomic E-state index is 0.510. The van der Waals surface area contributed by atoms with Gasteiger partial charge in [0.15, 0.2) is 0 Å². The van der Waals surface area contributed by atoms with Gasteiger partial charge in [0, 0.05) is 18.6 Å². The third-order valence-corrected chi connectivity index (χ3v) is 2.42. The SMILES string of the molecule is COCCOc1ccc2c(Cl)cnnc2c1. The fraction of sp³-hybridized carbons (Fsp3) is 0.273. The van der Waals surface area contributed by atoms with E-state index in [4.69, 9.17) is 21.1 Å². The summed E-state index contributed by atoms with van der Waals surface area (Å²) in [5.74, 6) is 0.737. The molecule has 0 radical (unpaired) electrons. The Balaban J connectivity index is 2.23. The van der Waals surface area contributed by atoms with E-state index in [0.29, 0.717) is 18.2 Å². The second-order valence-electron chi connectivity index (χ2n) is 3.21. The van der Waals surface area contributed by atoms with Crippen LogP contribution in [0.3, 0.4) is 0 Å². The number of nitrogens with zero attached hydrogens (tertiary/aromatic N) is 2. The van der Waals surface area contributed by atoms with Crippen LogP contribution in [0.1, 0.15) is 0 Å². The largest absolute Gasteiger partial charge is 0.491 e. The van der Waals surface area contributed by atoms with Crippen LogP contribution in [0.4, 0.5) is 0 Å². The number of hydrogen-bond donors (Lipinski definition) is 0. The van der Waals surface area contributed by atoms with Crippen LogP contribution in [0.5, 0.6) is 5.75 Å². The van der Waals surface area contributed by atoms with Crippen molar-refractivity contribution in [2.45, 2.75) is 0 Å². The minimum Gasteiger partial charge on any atom is -0.491 e. The average molecular weight is 239 g/mol. The summed E-state index contributed by atoms with van der Waals surface area (Å²) < 4.78 is 10.4. The predicted octanol–water partition coefficient (Wildman–Crippen LogP) is 2.31. The van der Waals surface area contributed by atoms with E-state index in [2.05, 4.69) is 10.2 Å². The van der Waals surface area contributed by atoms with Crippen LogP contribution in [-0.4, -0.2) is 30.5 Å². The molecular weight excluding hydrogens is 228 g/mol. The lowest BCUT2D eigenvalue weighted by atomic mass is 10.2. The Bertz CT molecular complexity index is 490. The van der Waals surface area contributed by atoms with Crippen molar-refractivity contribution in [3.05, 3.63) is 29.4 Å². The molecule has 2 aromatic rings. The monoisotopic (exact) mass is 238 g/mol. The van der Waals surface area contributed by atoms with Gasteiger partial charge in [-0.25, -0.2) is 0 Å². The second kappa shape index (κ2) is 5.09. The number of fused-ring (bicyclic) bond motifs is 1. The highest BCUT2D eigenvalue weighted by molar-refractivity contribution is 6.35. The Morgan fingerprint density at radius 2 is 2.19 bits per heavy atom. The number of hydrogen-bond acceptors (Lipinski definition) is 4. The summed E-state index contributed by atoms with van der Waals surface area (Å²) in [6, 6.07) is 5.53. The van der Waals surface area contributed by atoms with E-state index in [-0.39, 0.29) is 0 Å². The standard InChI is InChI=1S/C11H11ClN2O2/c1-15-4-5-16-8-2-3-9-10(12)7-13-14-11(9)6-8/h2-3,6-7H,4-5H2,1H3. The van der Waals surface area contributed by atoms with Crippen molar-refractivity contribution < 1.29 is 9.47 Å². The summed E-state index contributed by atoms with van der Waals surface area (Å²) in [5, 5.41) is 9.24. The van der Waals surface area contributed by atoms with Crippen LogP contribution >= 0.6 is 11.6 Å². The Morgan fingerprint density at radius 3 is 3.00 bits per heavy atom. The topological polar surface area (TPSA) is 44.2 Å². The summed E-state index contributed by atoms with van der Waals surface area (Å²) >= 11 is 5.97. The predicted molar refractivity (Wildman–Crippen MR) is 61.9 cm³/mol. The molecule has 0 spiro atoms. The van der Waals surface area contributed by atoms with Gasteiger partial charge in [-0.2, -0.15) is 10.2 Å². The molecule has 4 nitrogen and oxygen atoms in total. The van der Waals surface area contributed by atoms with E-state index in [9.17, 15) is 0 Å². The maximum Gasteiger partial charge on any atom is 0.121 e. The van der Waals surface area contributed by atoms with Gasteiger partial charge in [0.1, 0.15) is 12.4 Å². The zero-order valence-corrected chi connectivity index (χ0v) is 9.57. The van der Waals surface area contributed by atoms with Crippen LogP contribution in [0.25, 0.3) is 10.9 Å². The normalized spacial score (nSPS) is 10.6. The van der Waals surface area contributed by atoms with Crippen molar-refractivity contribution in [1.29, 1.82) is 0 Å². The number of ether oxygens (including phenoxy) is 2. The highest BCUT2D eigenvalue weighted by atomic mass is 35.5. The van der Waals surface area contributed by atoms with Gasteiger partial charge in [-0.15, -0.1) is 0 Å². The lowest BCUT2D eigenvalue weighted by Crippen LogP contribution is -2.04. The first kappa shape index (κ1) is 11.1. The van der Waals surface area contributed by atoms with Crippen molar-refractivity contribution in [2.75, 3.05) is 20.3 Å². The molecule has 0 amide bonds. The Labute approximate surface area is 98.1 Å². The smallest absolute Gasteiger partial charge is 0.121 e. The number of aromatic nitrogens is 2. The van der Waals surface area contributed by atoms with Crippen LogP contribution in [0, 0.1) is 0 Å². The van der Waals surface area contributed by atoms with Gasteiger partial charge in [-0.1, -0.05) is 11.6 Å². The molecule has 0 aliphatic rings. The molecular formula is C11H11ClN2O2. The number of methoxy groups -OCH3 is 1. The molecule has 0 saturated carbocycles. The van der Waals surface area contributed by atoms with Crippen LogP contribution in [0.2, 0.25) is 5.02 Å². The summed E-state index contributed by atoms with van der Waals surface area (Å²) in [7, 11) is 1.63. The molecule has 1 aromatic carbocycles. The molecule has 16 heavy (non-hydrogen) atoms. The zero-order valence-electron chi connectivity index (χ0n) is 8.81. The van der Waals surface area contributed by atoms with Gasteiger partial charge >= 0.3 is 0 Å². The van der Waals surface area contributed by atoms with Gasteiger partial charge in [-0.3, -0.25) is 0 Å². The van der Waals surface area contributed by atoms with Gasteiger partial charge in [0.2, 0.25) is 0 Å². The maximum atomic E-state index is 5.97. The highest BCUT2D eigenvalue weighted by Gasteiger charge is 2.02. The van der Waals surface area contributed by atoms with Gasteiger partial charge < -0.3 is 9.47 Å². The molecule has 0 bridgehead atoms. The molecule has 1 heterocycles. The quantitative estimate of drug-likeness (QED) is 0.767. The fourth-order valence-corrected chi connectivity index (χ4v) is 1.54. The first-order valence-corrected chi connectivity index (χ1v) is 5.22. The van der Waals surface area contributed by atoms with Gasteiger partial charge in [0.05, 0.1) is 23.3 Å². The molecule has 0 atom stereocenters. The Morgan fingerprint density at radius 1 is 1.31 bits per heavy atom. The highest BCUT2D eigenvalue weighted by Crippen LogP contribution is 2.24. The first-order chi connectivity index (χ1) is 7.81. The van der Waals surface area contributed by atoms with Crippen LogP contribution < -0.4 is 4.74 Å². The van der Waals surface area contributed by atoms with Gasteiger partial charge in [0.25, 0.3) is 0 Å². The molecule has 5 heteroatoms. The molecule has 84 valence electrons. The number of halogens is 1. The van der Waals surface area contributed by atoms with Crippen LogP contribution in [-0.2, 0) is 4.74 Å². The number of rotatable bonds is 4. The number of benzene rings is 1. The minimum absolute atomic E-state index is 0.510. The van der Waals surface area contributed by atoms with E-state index < -0.39 is 0 Å². The molecule has 2 rings (SSSR count). The van der Waals surface area contributed by atoms with E-state index in [1.165, 1.54) is 6.20 Å². The molecule has 0 aliphatic carbocycles. The average Bonchev–Trinajstić information content (AvgIpc) is 2.30. The van der Waals surface area contributed by atoms with Gasteiger partial charge in [-0.05, 0) is 12.1 Å². The third kappa shape index (κ3) is 2.40. The van der Waals surface area contributed by atoms with E-state index >= 15 is 0 Å². The van der Waals surface area contributed by atoms with Crippen LogP contribution in [0.15, 0.2) is 24.4 Å². The van der Waals surface area contributed by atoms with Crippen molar-refractivity contribution >= 4 is 22.5 Å². The van der Waals surface area contributed by atoms with E-state index in [1.54, 1.807) is 7.11 Å². The second-order valence-corrected chi connectivity index (χ2v) is 3.62. The first-order valence-electron chi connectivity index (χ1n) is 4.84. The van der Waals surface area contributed by atoms with Crippen molar-refractivity contribution in [3.8, 4) is 5.75 Å². The summed E-state index contributed by atoms with van der Waals surface area (Å²) in [4.78, 5) is 0. The third-order valence-electron chi connectivity index (χ3n) is 2.12. The molecule has 0 N–H and O–H groups in total. The van der Waals surface area contributed by atoms with Crippen molar-refractivity contribution in [2.24, 2.45) is 0 Å². The summed E-state index contributed by atoms with van der Waals surface area (Å²) in [6.07, 6.45) is 1.52. The Kier molecular flexibility index (Phi) is 3.54. The summed E-state index contributed by atoms with van der Waals surface area (Å²) in [5.41, 5.74) is 0.724. The van der Waals surface area contributed by atoms with Crippen molar-refractivity contribution in [1.82, 2.24) is 10.2 Å². The zero-order chi connectivity index (χ0) is 11.4. The lowest BCUT2D eigenvalue weighted by Gasteiger charge is -2.06. The lowest BCUT2D eigenvalue weighted by molar-refractivity contribution is 0.146. The molecule has 0 unspecified atom stereocenters. The molecule has 1 aromatic heterocycles. The van der Waals surface area contributed by atoms with Crippen molar-refractivity contribution in [3.63, 3.8) is 0 Å².